The number of rotatable bonds is 8. The van der Waals surface area contributed by atoms with Crippen molar-refractivity contribution in [3.05, 3.63) is 47.3 Å². The van der Waals surface area contributed by atoms with Crippen molar-refractivity contribution < 1.29 is 4.79 Å². The summed E-state index contributed by atoms with van der Waals surface area (Å²) in [6.07, 6.45) is 0.899. The molecule has 140 valence electrons. The zero-order chi connectivity index (χ0) is 19.1. The van der Waals surface area contributed by atoms with Crippen LogP contribution in [0.2, 0.25) is 0 Å². The molecule has 0 bridgehead atoms. The topological polar surface area (TPSA) is 70.2 Å². The standard InChI is InChI=1S/C20H29N5O/c1-14(2)16-7-9-17(10-8-16)23-20-22-15(3)13-18(24-20)19(26)21-11-6-12-25(4)5/h7-10,13-14H,6,11-12H2,1-5H3,(H,21,26)(H,22,23,24). The van der Waals surface area contributed by atoms with Gasteiger partial charge in [0.15, 0.2) is 0 Å². The minimum atomic E-state index is -0.174. The van der Waals surface area contributed by atoms with Gasteiger partial charge in [-0.1, -0.05) is 26.0 Å². The molecule has 0 saturated carbocycles. The lowest BCUT2D eigenvalue weighted by atomic mass is 10.0. The fraction of sp³-hybridized carbons (Fsp3) is 0.450. The van der Waals surface area contributed by atoms with E-state index in [1.54, 1.807) is 6.07 Å². The molecule has 1 heterocycles. The van der Waals surface area contributed by atoms with Crippen LogP contribution in [0.15, 0.2) is 30.3 Å². The summed E-state index contributed by atoms with van der Waals surface area (Å²) < 4.78 is 0. The lowest BCUT2D eigenvalue weighted by molar-refractivity contribution is 0.0947. The first-order chi connectivity index (χ1) is 12.3. The summed E-state index contributed by atoms with van der Waals surface area (Å²) in [6.45, 7) is 7.74. The van der Waals surface area contributed by atoms with E-state index >= 15 is 0 Å². The molecule has 0 radical (unpaired) electrons. The van der Waals surface area contributed by atoms with E-state index < -0.39 is 0 Å². The fourth-order valence-electron chi connectivity index (χ4n) is 2.51. The molecule has 0 unspecified atom stereocenters. The van der Waals surface area contributed by atoms with Crippen molar-refractivity contribution in [2.45, 2.75) is 33.1 Å². The second kappa shape index (κ2) is 9.29. The third kappa shape index (κ3) is 6.11. The van der Waals surface area contributed by atoms with Gasteiger partial charge in [-0.3, -0.25) is 4.79 Å². The fourth-order valence-corrected chi connectivity index (χ4v) is 2.51. The number of hydrogen-bond donors (Lipinski definition) is 2. The van der Waals surface area contributed by atoms with Gasteiger partial charge in [-0.15, -0.1) is 0 Å². The van der Waals surface area contributed by atoms with Gasteiger partial charge in [-0.25, -0.2) is 9.97 Å². The predicted molar refractivity (Wildman–Crippen MR) is 106 cm³/mol. The van der Waals surface area contributed by atoms with Gasteiger partial charge < -0.3 is 15.5 Å². The Hall–Kier alpha value is -2.47. The minimum absolute atomic E-state index is 0.174. The van der Waals surface area contributed by atoms with Crippen LogP contribution in [0.1, 0.15) is 47.9 Å². The summed E-state index contributed by atoms with van der Waals surface area (Å²) in [5.41, 5.74) is 3.30. The molecule has 1 amide bonds. The molecule has 6 heteroatoms. The van der Waals surface area contributed by atoms with Crippen molar-refractivity contribution >= 4 is 17.5 Å². The maximum Gasteiger partial charge on any atom is 0.270 e. The lowest BCUT2D eigenvalue weighted by Gasteiger charge is -2.11. The molecule has 26 heavy (non-hydrogen) atoms. The summed E-state index contributed by atoms with van der Waals surface area (Å²) in [5, 5.41) is 6.09. The molecule has 0 aliphatic carbocycles. The number of nitrogens with zero attached hydrogens (tertiary/aromatic N) is 3. The van der Waals surface area contributed by atoms with Crippen LogP contribution in [0, 0.1) is 6.92 Å². The van der Waals surface area contributed by atoms with Crippen LogP contribution in [-0.4, -0.2) is 48.0 Å². The molecule has 0 saturated heterocycles. The van der Waals surface area contributed by atoms with E-state index in [0.717, 1.165) is 24.3 Å². The number of carbonyl (C=O) groups is 1. The normalized spacial score (nSPS) is 11.0. The van der Waals surface area contributed by atoms with Crippen molar-refractivity contribution in [1.29, 1.82) is 0 Å². The number of anilines is 2. The van der Waals surface area contributed by atoms with Gasteiger partial charge in [0.2, 0.25) is 5.95 Å². The van der Waals surface area contributed by atoms with Crippen LogP contribution < -0.4 is 10.6 Å². The molecule has 0 aliphatic rings. The molecule has 0 fully saturated rings. The zero-order valence-corrected chi connectivity index (χ0v) is 16.3. The van der Waals surface area contributed by atoms with E-state index in [0.29, 0.717) is 24.1 Å². The quantitative estimate of drug-likeness (QED) is 0.711. The number of aromatic nitrogens is 2. The number of amides is 1. The number of aryl methyl sites for hydroxylation is 1. The summed E-state index contributed by atoms with van der Waals surface area (Å²) in [4.78, 5) is 23.1. The minimum Gasteiger partial charge on any atom is -0.351 e. The van der Waals surface area contributed by atoms with Crippen LogP contribution in [0.5, 0.6) is 0 Å². The Kier molecular flexibility index (Phi) is 7.09. The largest absolute Gasteiger partial charge is 0.351 e. The maximum atomic E-state index is 12.3. The predicted octanol–water partition coefficient (Wildman–Crippen LogP) is 3.33. The SMILES string of the molecule is Cc1cc(C(=O)NCCCN(C)C)nc(Nc2ccc(C(C)C)cc2)n1. The van der Waals surface area contributed by atoms with Crippen LogP contribution in [0.3, 0.4) is 0 Å². The van der Waals surface area contributed by atoms with Crippen molar-refractivity contribution in [1.82, 2.24) is 20.2 Å². The van der Waals surface area contributed by atoms with Crippen LogP contribution in [-0.2, 0) is 0 Å². The number of hydrogen-bond acceptors (Lipinski definition) is 5. The van der Waals surface area contributed by atoms with Gasteiger partial charge in [0.1, 0.15) is 5.69 Å². The van der Waals surface area contributed by atoms with E-state index in [-0.39, 0.29) is 5.91 Å². The molecule has 0 spiro atoms. The van der Waals surface area contributed by atoms with Crippen molar-refractivity contribution in [3.63, 3.8) is 0 Å². The molecule has 1 aromatic heterocycles. The summed E-state index contributed by atoms with van der Waals surface area (Å²) >= 11 is 0. The Balaban J connectivity index is 2.03. The highest BCUT2D eigenvalue weighted by molar-refractivity contribution is 5.92. The molecule has 0 aliphatic heterocycles. The van der Waals surface area contributed by atoms with E-state index in [9.17, 15) is 4.79 Å². The molecule has 6 nitrogen and oxygen atoms in total. The molecule has 2 aromatic rings. The number of benzene rings is 1. The number of nitrogens with one attached hydrogen (secondary N) is 2. The highest BCUT2D eigenvalue weighted by Gasteiger charge is 2.10. The third-order valence-corrected chi connectivity index (χ3v) is 3.99. The Bertz CT molecular complexity index is 725. The average molecular weight is 355 g/mol. The second-order valence-corrected chi connectivity index (χ2v) is 7.03. The Morgan fingerprint density at radius 3 is 2.46 bits per heavy atom. The van der Waals surface area contributed by atoms with Gasteiger partial charge >= 0.3 is 0 Å². The van der Waals surface area contributed by atoms with Gasteiger partial charge in [0.25, 0.3) is 5.91 Å². The van der Waals surface area contributed by atoms with Gasteiger partial charge in [-0.2, -0.15) is 0 Å². The molecule has 0 atom stereocenters. The van der Waals surface area contributed by atoms with E-state index in [1.807, 2.05) is 33.2 Å². The number of carbonyl (C=O) groups excluding carboxylic acids is 1. The average Bonchev–Trinajstić information content (AvgIpc) is 2.58. The Labute approximate surface area is 156 Å². The summed E-state index contributed by atoms with van der Waals surface area (Å²) in [6, 6.07) is 9.88. The van der Waals surface area contributed by atoms with Crippen molar-refractivity contribution in [3.8, 4) is 0 Å². The Morgan fingerprint density at radius 1 is 1.15 bits per heavy atom. The summed E-state index contributed by atoms with van der Waals surface area (Å²) in [5.74, 6) is 0.746. The molecule has 2 N–H and O–H groups in total. The lowest BCUT2D eigenvalue weighted by Crippen LogP contribution is -2.28. The monoisotopic (exact) mass is 355 g/mol. The first-order valence-corrected chi connectivity index (χ1v) is 9.00. The van der Waals surface area contributed by atoms with Gasteiger partial charge in [0.05, 0.1) is 0 Å². The molecule has 1 aromatic carbocycles. The highest BCUT2D eigenvalue weighted by Crippen LogP contribution is 2.19. The van der Waals surface area contributed by atoms with E-state index in [4.69, 9.17) is 0 Å². The third-order valence-electron chi connectivity index (χ3n) is 3.99. The molecule has 2 rings (SSSR count). The summed E-state index contributed by atoms with van der Waals surface area (Å²) in [7, 11) is 4.03. The maximum absolute atomic E-state index is 12.3. The first-order valence-electron chi connectivity index (χ1n) is 9.00. The van der Waals surface area contributed by atoms with Crippen molar-refractivity contribution in [2.24, 2.45) is 0 Å². The van der Waals surface area contributed by atoms with E-state index in [1.165, 1.54) is 5.56 Å². The first kappa shape index (κ1) is 19.8. The van der Waals surface area contributed by atoms with Crippen molar-refractivity contribution in [2.75, 3.05) is 32.5 Å². The van der Waals surface area contributed by atoms with Crippen LogP contribution in [0.4, 0.5) is 11.6 Å². The van der Waals surface area contributed by atoms with Crippen LogP contribution in [0.25, 0.3) is 0 Å². The smallest absolute Gasteiger partial charge is 0.270 e. The zero-order valence-electron chi connectivity index (χ0n) is 16.3. The van der Waals surface area contributed by atoms with Crippen LogP contribution >= 0.6 is 0 Å². The Morgan fingerprint density at radius 2 is 1.85 bits per heavy atom. The van der Waals surface area contributed by atoms with Gasteiger partial charge in [-0.05, 0) is 63.7 Å². The van der Waals surface area contributed by atoms with Gasteiger partial charge in [0, 0.05) is 17.9 Å². The molecular formula is C20H29N5O. The van der Waals surface area contributed by atoms with E-state index in [2.05, 4.69) is 51.5 Å². The second-order valence-electron chi connectivity index (χ2n) is 7.03. The highest BCUT2D eigenvalue weighted by atomic mass is 16.1. The molecular weight excluding hydrogens is 326 g/mol.